The second kappa shape index (κ2) is 3.40. The van der Waals surface area contributed by atoms with Crippen molar-refractivity contribution in [1.82, 2.24) is 0 Å². The zero-order chi connectivity index (χ0) is 10.0. The van der Waals surface area contributed by atoms with Gasteiger partial charge in [-0.2, -0.15) is 5.26 Å². The Kier molecular flexibility index (Phi) is 2.48. The Balaban J connectivity index is 3.50. The molecule has 0 fully saturated rings. The third kappa shape index (κ3) is 1.75. The van der Waals surface area contributed by atoms with E-state index in [1.165, 1.54) is 6.92 Å². The number of aryl methyl sites for hydroxylation is 2. The number of carbonyl (C=O) groups is 1. The maximum atomic E-state index is 11.2. The molecule has 66 valence electrons. The molecular formula is C11H11NO. The van der Waals surface area contributed by atoms with Crippen molar-refractivity contribution >= 4 is 5.78 Å². The molecule has 0 bridgehead atoms. The number of carbonyl (C=O) groups excluding carboxylic acids is 1. The summed E-state index contributed by atoms with van der Waals surface area (Å²) < 4.78 is 0. The van der Waals surface area contributed by atoms with Crippen molar-refractivity contribution < 1.29 is 4.79 Å². The number of ketones is 1. The lowest BCUT2D eigenvalue weighted by Gasteiger charge is -2.05. The van der Waals surface area contributed by atoms with Gasteiger partial charge in [0.05, 0.1) is 11.6 Å². The fourth-order valence-electron chi connectivity index (χ4n) is 1.52. The molecule has 0 N–H and O–H groups in total. The van der Waals surface area contributed by atoms with Gasteiger partial charge in [0.15, 0.2) is 5.78 Å². The highest BCUT2D eigenvalue weighted by Crippen LogP contribution is 2.16. The van der Waals surface area contributed by atoms with Crippen LogP contribution in [0.2, 0.25) is 0 Å². The summed E-state index contributed by atoms with van der Waals surface area (Å²) in [5, 5.41) is 8.81. The highest BCUT2D eigenvalue weighted by Gasteiger charge is 2.10. The van der Waals surface area contributed by atoms with Gasteiger partial charge in [-0.15, -0.1) is 0 Å². The first-order chi connectivity index (χ1) is 6.06. The predicted octanol–water partition coefficient (Wildman–Crippen LogP) is 2.38. The van der Waals surface area contributed by atoms with E-state index in [0.29, 0.717) is 11.1 Å². The number of benzene rings is 1. The van der Waals surface area contributed by atoms with Gasteiger partial charge >= 0.3 is 0 Å². The molecule has 0 aromatic heterocycles. The van der Waals surface area contributed by atoms with Crippen LogP contribution < -0.4 is 0 Å². The van der Waals surface area contributed by atoms with Gasteiger partial charge in [0.2, 0.25) is 0 Å². The first-order valence-electron chi connectivity index (χ1n) is 4.08. The molecular weight excluding hydrogens is 162 g/mol. The lowest BCUT2D eigenvalue weighted by Crippen LogP contribution is -2.00. The summed E-state index contributed by atoms with van der Waals surface area (Å²) in [6.07, 6.45) is 0. The number of hydrogen-bond acceptors (Lipinski definition) is 2. The summed E-state index contributed by atoms with van der Waals surface area (Å²) in [5.74, 6) is -0.0472. The van der Waals surface area contributed by atoms with Gasteiger partial charge in [-0.05, 0) is 38.0 Å². The zero-order valence-electron chi connectivity index (χ0n) is 8.01. The van der Waals surface area contributed by atoms with Crippen LogP contribution in [0.4, 0.5) is 0 Å². The van der Waals surface area contributed by atoms with Gasteiger partial charge < -0.3 is 0 Å². The molecule has 2 heteroatoms. The van der Waals surface area contributed by atoms with Gasteiger partial charge in [0, 0.05) is 5.56 Å². The van der Waals surface area contributed by atoms with Crippen molar-refractivity contribution in [2.24, 2.45) is 0 Å². The smallest absolute Gasteiger partial charge is 0.161 e. The molecule has 0 aliphatic carbocycles. The fourth-order valence-corrected chi connectivity index (χ4v) is 1.52. The van der Waals surface area contributed by atoms with Gasteiger partial charge in [-0.25, -0.2) is 0 Å². The molecule has 0 atom stereocenters. The van der Waals surface area contributed by atoms with Crippen LogP contribution >= 0.6 is 0 Å². The summed E-state index contributed by atoms with van der Waals surface area (Å²) in [6.45, 7) is 5.25. The van der Waals surface area contributed by atoms with Gasteiger partial charge in [-0.3, -0.25) is 4.79 Å². The molecule has 0 amide bonds. The largest absolute Gasteiger partial charge is 0.294 e. The van der Waals surface area contributed by atoms with Crippen LogP contribution in [0, 0.1) is 25.2 Å². The Morgan fingerprint density at radius 1 is 1.38 bits per heavy atom. The summed E-state index contributed by atoms with van der Waals surface area (Å²) in [5.41, 5.74) is 2.92. The quantitative estimate of drug-likeness (QED) is 0.612. The molecule has 0 saturated carbocycles. The minimum Gasteiger partial charge on any atom is -0.294 e. The van der Waals surface area contributed by atoms with Gasteiger partial charge in [0.25, 0.3) is 0 Å². The van der Waals surface area contributed by atoms with Crippen molar-refractivity contribution in [2.45, 2.75) is 20.8 Å². The third-order valence-corrected chi connectivity index (χ3v) is 1.95. The first-order valence-corrected chi connectivity index (χ1v) is 4.08. The number of nitriles is 1. The molecule has 0 unspecified atom stereocenters. The minimum absolute atomic E-state index is 0.0472. The van der Waals surface area contributed by atoms with Crippen molar-refractivity contribution in [3.63, 3.8) is 0 Å². The summed E-state index contributed by atoms with van der Waals surface area (Å²) >= 11 is 0. The SMILES string of the molecule is CC(=O)c1c(C)cc(C)cc1C#N. The molecule has 0 saturated heterocycles. The molecule has 1 aromatic carbocycles. The summed E-state index contributed by atoms with van der Waals surface area (Å²) in [4.78, 5) is 11.2. The lowest BCUT2D eigenvalue weighted by molar-refractivity contribution is 0.101. The average Bonchev–Trinajstić information content (AvgIpc) is 2.01. The Labute approximate surface area is 77.8 Å². The van der Waals surface area contributed by atoms with Crippen LogP contribution in [0.25, 0.3) is 0 Å². The van der Waals surface area contributed by atoms with Crippen molar-refractivity contribution in [3.8, 4) is 6.07 Å². The van der Waals surface area contributed by atoms with E-state index in [4.69, 9.17) is 5.26 Å². The molecule has 13 heavy (non-hydrogen) atoms. The van der Waals surface area contributed by atoms with E-state index in [9.17, 15) is 4.79 Å². The number of hydrogen-bond donors (Lipinski definition) is 0. The van der Waals surface area contributed by atoms with Crippen LogP contribution in [0.1, 0.15) is 34.0 Å². The first kappa shape index (κ1) is 9.47. The highest BCUT2D eigenvalue weighted by molar-refractivity contribution is 5.98. The van der Waals surface area contributed by atoms with Crippen LogP contribution in [-0.4, -0.2) is 5.78 Å². The highest BCUT2D eigenvalue weighted by atomic mass is 16.1. The second-order valence-electron chi connectivity index (χ2n) is 3.17. The molecule has 2 nitrogen and oxygen atoms in total. The maximum Gasteiger partial charge on any atom is 0.161 e. The van der Waals surface area contributed by atoms with Crippen molar-refractivity contribution in [1.29, 1.82) is 5.26 Å². The van der Waals surface area contributed by atoms with Crippen molar-refractivity contribution in [2.75, 3.05) is 0 Å². The summed E-state index contributed by atoms with van der Waals surface area (Å²) in [7, 11) is 0. The van der Waals surface area contributed by atoms with E-state index < -0.39 is 0 Å². The molecule has 1 aromatic rings. The molecule has 0 aliphatic rings. The average molecular weight is 173 g/mol. The number of nitrogens with zero attached hydrogens (tertiary/aromatic N) is 1. The van der Waals surface area contributed by atoms with Crippen LogP contribution in [0.15, 0.2) is 12.1 Å². The molecule has 0 spiro atoms. The van der Waals surface area contributed by atoms with E-state index in [0.717, 1.165) is 11.1 Å². The van der Waals surface area contributed by atoms with Gasteiger partial charge in [0.1, 0.15) is 0 Å². The Hall–Kier alpha value is -1.62. The van der Waals surface area contributed by atoms with Crippen LogP contribution in [0.3, 0.4) is 0 Å². The van der Waals surface area contributed by atoms with Crippen LogP contribution in [0.5, 0.6) is 0 Å². The van der Waals surface area contributed by atoms with E-state index in [1.54, 1.807) is 6.07 Å². The topological polar surface area (TPSA) is 40.9 Å². The maximum absolute atomic E-state index is 11.2. The molecule has 0 heterocycles. The Morgan fingerprint density at radius 2 is 2.00 bits per heavy atom. The lowest BCUT2D eigenvalue weighted by atomic mass is 9.97. The van der Waals surface area contributed by atoms with E-state index >= 15 is 0 Å². The zero-order valence-corrected chi connectivity index (χ0v) is 8.01. The number of Topliss-reactive ketones (excluding diaryl/α,β-unsaturated/α-hetero) is 1. The van der Waals surface area contributed by atoms with E-state index in [2.05, 4.69) is 0 Å². The summed E-state index contributed by atoms with van der Waals surface area (Å²) in [6, 6.07) is 5.69. The Morgan fingerprint density at radius 3 is 2.46 bits per heavy atom. The van der Waals surface area contributed by atoms with Crippen LogP contribution in [-0.2, 0) is 0 Å². The van der Waals surface area contributed by atoms with Gasteiger partial charge in [-0.1, -0.05) is 6.07 Å². The fraction of sp³-hybridized carbons (Fsp3) is 0.273. The molecule has 0 radical (unpaired) electrons. The normalized spacial score (nSPS) is 9.38. The number of rotatable bonds is 1. The Bertz CT molecular complexity index is 399. The van der Waals surface area contributed by atoms with E-state index in [-0.39, 0.29) is 5.78 Å². The minimum atomic E-state index is -0.0472. The molecule has 1 rings (SSSR count). The monoisotopic (exact) mass is 173 g/mol. The molecule has 0 aliphatic heterocycles. The van der Waals surface area contributed by atoms with E-state index in [1.807, 2.05) is 26.0 Å². The van der Waals surface area contributed by atoms with Crippen molar-refractivity contribution in [3.05, 3.63) is 34.4 Å². The second-order valence-corrected chi connectivity index (χ2v) is 3.17. The standard InChI is InChI=1S/C11H11NO/c1-7-4-8(2)11(9(3)13)10(5-7)6-12/h4-5H,1-3H3. The predicted molar refractivity (Wildman–Crippen MR) is 50.6 cm³/mol. The third-order valence-electron chi connectivity index (χ3n) is 1.95.